The van der Waals surface area contributed by atoms with Gasteiger partial charge in [0.2, 0.25) is 0 Å². The molecule has 2 aromatic carbocycles. The summed E-state index contributed by atoms with van der Waals surface area (Å²) in [4.78, 5) is 20.7. The smallest absolute Gasteiger partial charge is 0.314 e. The zero-order valence-corrected chi connectivity index (χ0v) is 14.5. The van der Waals surface area contributed by atoms with Gasteiger partial charge in [-0.2, -0.15) is 0 Å². The number of furan rings is 1. The number of methoxy groups -OCH3 is 1. The predicted octanol–water partition coefficient (Wildman–Crippen LogP) is 3.88. The van der Waals surface area contributed by atoms with E-state index in [2.05, 4.69) is 15.3 Å². The maximum absolute atomic E-state index is 13.2. The number of nitrogens with one attached hydrogen (secondary N) is 1. The maximum atomic E-state index is 13.2. The molecule has 7 heteroatoms. The first-order valence-corrected chi connectivity index (χ1v) is 8.37. The molecule has 0 spiro atoms. The zero-order chi connectivity index (χ0) is 18.8. The molecular formula is C20H16FN3O3. The Hall–Kier alpha value is -3.48. The van der Waals surface area contributed by atoms with Gasteiger partial charge in [-0.25, -0.2) is 14.4 Å². The molecule has 4 rings (SSSR count). The number of ether oxygens (including phenoxy) is 1. The Balaban J connectivity index is 1.66. The van der Waals surface area contributed by atoms with Crippen molar-refractivity contribution in [2.45, 2.75) is 5.92 Å². The van der Waals surface area contributed by atoms with Crippen LogP contribution < -0.4 is 5.32 Å². The SMILES string of the molecule is COC(=O)C(CNc1ncnc2c1oc1ccccc12)c1ccc(F)cc1. The molecule has 4 aromatic rings. The Morgan fingerprint density at radius 1 is 1.19 bits per heavy atom. The molecule has 0 saturated carbocycles. The number of esters is 1. The van der Waals surface area contributed by atoms with E-state index in [9.17, 15) is 9.18 Å². The lowest BCUT2D eigenvalue weighted by Crippen LogP contribution is -2.23. The molecule has 136 valence electrons. The molecule has 1 N–H and O–H groups in total. The number of para-hydroxylation sites is 1. The summed E-state index contributed by atoms with van der Waals surface area (Å²) in [5, 5.41) is 4.03. The summed E-state index contributed by atoms with van der Waals surface area (Å²) in [5.41, 5.74) is 2.56. The number of anilines is 1. The first kappa shape index (κ1) is 17.0. The fourth-order valence-corrected chi connectivity index (χ4v) is 3.02. The van der Waals surface area contributed by atoms with Crippen molar-refractivity contribution in [3.05, 3.63) is 66.2 Å². The summed E-state index contributed by atoms with van der Waals surface area (Å²) < 4.78 is 24.0. The largest absolute Gasteiger partial charge is 0.468 e. The zero-order valence-electron chi connectivity index (χ0n) is 14.5. The van der Waals surface area contributed by atoms with Crippen molar-refractivity contribution in [2.24, 2.45) is 0 Å². The van der Waals surface area contributed by atoms with E-state index in [1.807, 2.05) is 24.3 Å². The molecule has 27 heavy (non-hydrogen) atoms. The Bertz CT molecular complexity index is 1110. The first-order valence-electron chi connectivity index (χ1n) is 8.37. The van der Waals surface area contributed by atoms with Gasteiger partial charge in [-0.05, 0) is 29.8 Å². The number of carbonyl (C=O) groups is 1. The molecule has 1 atom stereocenters. The van der Waals surface area contributed by atoms with E-state index in [1.54, 1.807) is 12.1 Å². The minimum Gasteiger partial charge on any atom is -0.468 e. The van der Waals surface area contributed by atoms with Crippen LogP contribution in [0.3, 0.4) is 0 Å². The summed E-state index contributed by atoms with van der Waals surface area (Å²) in [6.07, 6.45) is 1.44. The molecule has 0 saturated heterocycles. The Kier molecular flexibility index (Phi) is 4.42. The third-order valence-corrected chi connectivity index (χ3v) is 4.39. The third-order valence-electron chi connectivity index (χ3n) is 4.39. The molecule has 2 heterocycles. The maximum Gasteiger partial charge on any atom is 0.314 e. The topological polar surface area (TPSA) is 77.2 Å². The van der Waals surface area contributed by atoms with Crippen molar-refractivity contribution in [1.82, 2.24) is 9.97 Å². The summed E-state index contributed by atoms with van der Waals surface area (Å²) in [6, 6.07) is 13.3. The van der Waals surface area contributed by atoms with Gasteiger partial charge in [0.1, 0.15) is 23.2 Å². The number of halogens is 1. The summed E-state index contributed by atoms with van der Waals surface area (Å²) in [5.74, 6) is -0.934. The van der Waals surface area contributed by atoms with Crippen LogP contribution in [0.25, 0.3) is 22.1 Å². The molecule has 0 aliphatic heterocycles. The molecular weight excluding hydrogens is 349 g/mol. The van der Waals surface area contributed by atoms with Crippen molar-refractivity contribution >= 4 is 33.9 Å². The summed E-state index contributed by atoms with van der Waals surface area (Å²) in [6.45, 7) is 0.210. The van der Waals surface area contributed by atoms with Crippen LogP contribution in [0.5, 0.6) is 0 Å². The van der Waals surface area contributed by atoms with Gasteiger partial charge in [-0.15, -0.1) is 0 Å². The number of hydrogen-bond donors (Lipinski definition) is 1. The van der Waals surface area contributed by atoms with Crippen LogP contribution in [0.1, 0.15) is 11.5 Å². The predicted molar refractivity (Wildman–Crippen MR) is 99.0 cm³/mol. The van der Waals surface area contributed by atoms with Gasteiger partial charge in [0.05, 0.1) is 13.0 Å². The van der Waals surface area contributed by atoms with E-state index in [0.29, 0.717) is 28.1 Å². The average Bonchev–Trinajstić information content (AvgIpc) is 3.08. The fraction of sp³-hybridized carbons (Fsp3) is 0.150. The third kappa shape index (κ3) is 3.19. The second-order valence-electron chi connectivity index (χ2n) is 6.01. The van der Waals surface area contributed by atoms with Crippen molar-refractivity contribution < 1.29 is 18.3 Å². The number of nitrogens with zero attached hydrogens (tertiary/aromatic N) is 2. The lowest BCUT2D eigenvalue weighted by molar-refractivity contribution is -0.142. The van der Waals surface area contributed by atoms with Crippen molar-refractivity contribution in [2.75, 3.05) is 19.0 Å². The van der Waals surface area contributed by atoms with Gasteiger partial charge in [-0.3, -0.25) is 4.79 Å². The van der Waals surface area contributed by atoms with Gasteiger partial charge in [-0.1, -0.05) is 24.3 Å². The lowest BCUT2D eigenvalue weighted by atomic mass is 9.99. The first-order chi connectivity index (χ1) is 13.2. The normalized spacial score (nSPS) is 12.2. The van der Waals surface area contributed by atoms with E-state index in [4.69, 9.17) is 9.15 Å². The number of carbonyl (C=O) groups excluding carboxylic acids is 1. The van der Waals surface area contributed by atoms with E-state index in [1.165, 1.54) is 25.6 Å². The molecule has 0 aliphatic carbocycles. The molecule has 0 bridgehead atoms. The van der Waals surface area contributed by atoms with E-state index in [-0.39, 0.29) is 12.4 Å². The van der Waals surface area contributed by atoms with Crippen molar-refractivity contribution in [3.63, 3.8) is 0 Å². The van der Waals surface area contributed by atoms with Gasteiger partial charge >= 0.3 is 5.97 Å². The van der Waals surface area contributed by atoms with Crippen molar-refractivity contribution in [1.29, 1.82) is 0 Å². The standard InChI is InChI=1S/C20H16FN3O3/c1-26-20(25)15(12-6-8-13(21)9-7-12)10-22-19-18-17(23-11-24-19)14-4-2-3-5-16(14)27-18/h2-9,11,15H,10H2,1H3,(H,22,23,24). The monoisotopic (exact) mass is 365 g/mol. The minimum atomic E-state index is -0.620. The van der Waals surface area contributed by atoms with Gasteiger partial charge < -0.3 is 14.5 Å². The van der Waals surface area contributed by atoms with Gasteiger partial charge in [0.15, 0.2) is 11.4 Å². The molecule has 1 unspecified atom stereocenters. The lowest BCUT2D eigenvalue weighted by Gasteiger charge is -2.16. The Morgan fingerprint density at radius 3 is 2.74 bits per heavy atom. The van der Waals surface area contributed by atoms with Gasteiger partial charge in [0.25, 0.3) is 0 Å². The second-order valence-corrected chi connectivity index (χ2v) is 6.01. The van der Waals surface area contributed by atoms with Crippen LogP contribution in [0, 0.1) is 5.82 Å². The van der Waals surface area contributed by atoms with Crippen LogP contribution >= 0.6 is 0 Å². The second kappa shape index (κ2) is 7.03. The van der Waals surface area contributed by atoms with E-state index < -0.39 is 11.9 Å². The number of rotatable bonds is 5. The minimum absolute atomic E-state index is 0.210. The Morgan fingerprint density at radius 2 is 1.96 bits per heavy atom. The molecule has 0 amide bonds. The van der Waals surface area contributed by atoms with Crippen LogP contribution in [0.15, 0.2) is 59.3 Å². The van der Waals surface area contributed by atoms with Crippen LogP contribution in [0.4, 0.5) is 10.2 Å². The highest BCUT2D eigenvalue weighted by atomic mass is 19.1. The highest BCUT2D eigenvalue weighted by molar-refractivity contribution is 6.05. The quantitative estimate of drug-likeness (QED) is 0.541. The van der Waals surface area contributed by atoms with Crippen molar-refractivity contribution in [3.8, 4) is 0 Å². The summed E-state index contributed by atoms with van der Waals surface area (Å²) >= 11 is 0. The number of hydrogen-bond acceptors (Lipinski definition) is 6. The number of benzene rings is 2. The molecule has 2 aromatic heterocycles. The fourth-order valence-electron chi connectivity index (χ4n) is 3.02. The molecule has 6 nitrogen and oxygen atoms in total. The van der Waals surface area contributed by atoms with E-state index in [0.717, 1.165) is 5.39 Å². The summed E-state index contributed by atoms with van der Waals surface area (Å²) in [7, 11) is 1.32. The van der Waals surface area contributed by atoms with Crippen LogP contribution in [-0.2, 0) is 9.53 Å². The number of fused-ring (bicyclic) bond motifs is 3. The average molecular weight is 365 g/mol. The highest BCUT2D eigenvalue weighted by Crippen LogP contribution is 2.30. The van der Waals surface area contributed by atoms with E-state index >= 15 is 0 Å². The van der Waals surface area contributed by atoms with Crippen LogP contribution in [0.2, 0.25) is 0 Å². The highest BCUT2D eigenvalue weighted by Gasteiger charge is 2.22. The number of aromatic nitrogens is 2. The molecule has 0 radical (unpaired) electrons. The Labute approximate surface area is 154 Å². The molecule has 0 fully saturated rings. The van der Waals surface area contributed by atoms with Crippen LogP contribution in [-0.4, -0.2) is 29.6 Å². The molecule has 0 aliphatic rings. The van der Waals surface area contributed by atoms with Gasteiger partial charge in [0, 0.05) is 11.9 Å².